The number of carbonyl (C=O) groups is 1. The summed E-state index contributed by atoms with van der Waals surface area (Å²) < 4.78 is 15.2. The van der Waals surface area contributed by atoms with Crippen LogP contribution in [0.15, 0.2) is 30.4 Å². The highest BCUT2D eigenvalue weighted by Crippen LogP contribution is 2.37. The Bertz CT molecular complexity index is 602. The Morgan fingerprint density at radius 1 is 1.27 bits per heavy atom. The van der Waals surface area contributed by atoms with Gasteiger partial charge in [0.2, 0.25) is 6.79 Å². The van der Waals surface area contributed by atoms with Gasteiger partial charge in [0.15, 0.2) is 11.5 Å². The number of ether oxygens (including phenoxy) is 3. The molecular formula is C15H17NO6. The molecule has 3 N–H and O–H groups in total. The van der Waals surface area contributed by atoms with Gasteiger partial charge in [-0.25, -0.2) is 4.79 Å². The second kappa shape index (κ2) is 5.86. The average Bonchev–Trinajstić information content (AvgIpc) is 2.99. The van der Waals surface area contributed by atoms with Crippen LogP contribution in [0.2, 0.25) is 0 Å². The third kappa shape index (κ3) is 2.60. The Morgan fingerprint density at radius 2 is 2.05 bits per heavy atom. The molecule has 7 heteroatoms. The van der Waals surface area contributed by atoms with E-state index in [1.807, 2.05) is 6.07 Å². The minimum atomic E-state index is -1.14. The molecule has 3 unspecified atom stereocenters. The van der Waals surface area contributed by atoms with Crippen LogP contribution in [0.1, 0.15) is 11.5 Å². The SMILES string of the molecule is COC(=O)N[C@@H]1C(c2ccc3c(c2)OCO3)C=CC(O)C1O. The highest BCUT2D eigenvalue weighted by Gasteiger charge is 2.37. The molecule has 3 rings (SSSR count). The van der Waals surface area contributed by atoms with Crippen molar-refractivity contribution < 1.29 is 29.2 Å². The average molecular weight is 307 g/mol. The second-order valence-electron chi connectivity index (χ2n) is 5.17. The number of hydrogen-bond acceptors (Lipinski definition) is 6. The van der Waals surface area contributed by atoms with E-state index in [2.05, 4.69) is 10.1 Å². The monoisotopic (exact) mass is 307 g/mol. The summed E-state index contributed by atoms with van der Waals surface area (Å²) in [5, 5.41) is 22.5. The van der Waals surface area contributed by atoms with Crippen molar-refractivity contribution in [1.82, 2.24) is 5.32 Å². The predicted octanol–water partition coefficient (Wildman–Crippen LogP) is 0.515. The fourth-order valence-corrected chi connectivity index (χ4v) is 2.70. The first-order chi connectivity index (χ1) is 10.6. The van der Waals surface area contributed by atoms with E-state index in [1.54, 1.807) is 18.2 Å². The molecule has 2 aliphatic rings. The van der Waals surface area contributed by atoms with Crippen LogP contribution in [0.5, 0.6) is 11.5 Å². The van der Waals surface area contributed by atoms with Crippen molar-refractivity contribution >= 4 is 6.09 Å². The lowest BCUT2D eigenvalue weighted by atomic mass is 9.81. The van der Waals surface area contributed by atoms with Crippen molar-refractivity contribution in [2.45, 2.75) is 24.2 Å². The summed E-state index contributed by atoms with van der Waals surface area (Å²) in [5.74, 6) is 0.942. The Labute approximate surface area is 127 Å². The van der Waals surface area contributed by atoms with Gasteiger partial charge >= 0.3 is 6.09 Å². The van der Waals surface area contributed by atoms with Gasteiger partial charge in [-0.1, -0.05) is 18.2 Å². The minimum Gasteiger partial charge on any atom is -0.454 e. The maximum Gasteiger partial charge on any atom is 0.407 e. The summed E-state index contributed by atoms with van der Waals surface area (Å²) in [6, 6.07) is 4.69. The van der Waals surface area contributed by atoms with Crippen molar-refractivity contribution in [2.75, 3.05) is 13.9 Å². The molecule has 0 aromatic heterocycles. The zero-order valence-corrected chi connectivity index (χ0v) is 11.9. The van der Waals surface area contributed by atoms with E-state index in [-0.39, 0.29) is 12.7 Å². The zero-order chi connectivity index (χ0) is 15.7. The summed E-state index contributed by atoms with van der Waals surface area (Å²) in [7, 11) is 1.24. The van der Waals surface area contributed by atoms with Crippen LogP contribution in [0.3, 0.4) is 0 Å². The Kier molecular flexibility index (Phi) is 3.91. The zero-order valence-electron chi connectivity index (χ0n) is 11.9. The molecule has 22 heavy (non-hydrogen) atoms. The molecular weight excluding hydrogens is 290 g/mol. The number of fused-ring (bicyclic) bond motifs is 1. The minimum absolute atomic E-state index is 0.171. The Balaban J connectivity index is 1.91. The lowest BCUT2D eigenvalue weighted by Gasteiger charge is -2.35. The molecule has 1 aliphatic carbocycles. The number of nitrogens with one attached hydrogen (secondary N) is 1. The number of benzene rings is 1. The molecule has 0 fully saturated rings. The highest BCUT2D eigenvalue weighted by atomic mass is 16.7. The maximum absolute atomic E-state index is 11.5. The molecule has 1 aromatic rings. The van der Waals surface area contributed by atoms with Gasteiger partial charge in [0, 0.05) is 5.92 Å². The largest absolute Gasteiger partial charge is 0.454 e. The van der Waals surface area contributed by atoms with Gasteiger partial charge in [0.05, 0.1) is 13.2 Å². The van der Waals surface area contributed by atoms with Crippen LogP contribution in [0, 0.1) is 0 Å². The van der Waals surface area contributed by atoms with Crippen molar-refractivity contribution in [3.63, 3.8) is 0 Å². The van der Waals surface area contributed by atoms with Crippen LogP contribution < -0.4 is 14.8 Å². The van der Waals surface area contributed by atoms with Gasteiger partial charge in [0.25, 0.3) is 0 Å². The first-order valence-corrected chi connectivity index (χ1v) is 6.88. The molecule has 0 spiro atoms. The summed E-state index contributed by atoms with van der Waals surface area (Å²) in [6.07, 6.45) is 0.398. The molecule has 118 valence electrons. The van der Waals surface area contributed by atoms with Crippen LogP contribution in [0.4, 0.5) is 4.79 Å². The second-order valence-corrected chi connectivity index (χ2v) is 5.17. The third-order valence-corrected chi connectivity index (χ3v) is 3.87. The van der Waals surface area contributed by atoms with Gasteiger partial charge in [-0.3, -0.25) is 0 Å². The molecule has 0 saturated heterocycles. The lowest BCUT2D eigenvalue weighted by molar-refractivity contribution is 0.0120. The molecule has 7 nitrogen and oxygen atoms in total. The van der Waals surface area contributed by atoms with Crippen molar-refractivity contribution in [3.05, 3.63) is 35.9 Å². The molecule has 1 heterocycles. The number of hydrogen-bond donors (Lipinski definition) is 3. The van der Waals surface area contributed by atoms with Crippen LogP contribution in [-0.2, 0) is 4.74 Å². The van der Waals surface area contributed by atoms with Gasteiger partial charge < -0.3 is 29.7 Å². The summed E-state index contributed by atoms with van der Waals surface area (Å²) in [4.78, 5) is 11.5. The van der Waals surface area contributed by atoms with Crippen molar-refractivity contribution in [3.8, 4) is 11.5 Å². The molecule has 1 amide bonds. The standard InChI is InChI=1S/C15H17NO6/c1-20-15(19)16-13-9(3-4-10(17)14(13)18)8-2-5-11-12(6-8)22-7-21-11/h2-6,9-10,13-14,17-18H,7H2,1H3,(H,16,19)/t9?,10?,13-,14?/m1/s1. The van der Waals surface area contributed by atoms with Crippen LogP contribution in [0.25, 0.3) is 0 Å². The quantitative estimate of drug-likeness (QED) is 0.689. The molecule has 1 aliphatic heterocycles. The van der Waals surface area contributed by atoms with E-state index in [1.165, 1.54) is 13.2 Å². The molecule has 0 saturated carbocycles. The van der Waals surface area contributed by atoms with E-state index in [0.717, 1.165) is 5.56 Å². The predicted molar refractivity (Wildman–Crippen MR) is 75.8 cm³/mol. The summed E-state index contributed by atoms with van der Waals surface area (Å²) in [6.45, 7) is 0.171. The van der Waals surface area contributed by atoms with Gasteiger partial charge in [-0.15, -0.1) is 0 Å². The fourth-order valence-electron chi connectivity index (χ4n) is 2.70. The Hall–Kier alpha value is -2.25. The first-order valence-electron chi connectivity index (χ1n) is 6.88. The number of methoxy groups -OCH3 is 1. The van der Waals surface area contributed by atoms with Gasteiger partial charge in [-0.2, -0.15) is 0 Å². The van der Waals surface area contributed by atoms with Crippen molar-refractivity contribution in [1.29, 1.82) is 0 Å². The third-order valence-electron chi connectivity index (χ3n) is 3.87. The van der Waals surface area contributed by atoms with E-state index in [9.17, 15) is 15.0 Å². The highest BCUT2D eigenvalue weighted by molar-refractivity contribution is 5.68. The molecule has 1 aromatic carbocycles. The topological polar surface area (TPSA) is 97.3 Å². The molecule has 4 atom stereocenters. The molecule has 0 radical (unpaired) electrons. The number of aliphatic hydroxyl groups excluding tert-OH is 2. The van der Waals surface area contributed by atoms with Crippen molar-refractivity contribution in [2.24, 2.45) is 0 Å². The number of carbonyl (C=O) groups excluding carboxylic acids is 1. The fraction of sp³-hybridized carbons (Fsp3) is 0.400. The number of rotatable bonds is 2. The maximum atomic E-state index is 11.5. The smallest absolute Gasteiger partial charge is 0.407 e. The number of amides is 1. The molecule has 0 bridgehead atoms. The summed E-state index contributed by atoms with van der Waals surface area (Å²) in [5.41, 5.74) is 0.827. The Morgan fingerprint density at radius 3 is 2.82 bits per heavy atom. The van der Waals surface area contributed by atoms with E-state index in [4.69, 9.17) is 9.47 Å². The van der Waals surface area contributed by atoms with E-state index in [0.29, 0.717) is 11.5 Å². The summed E-state index contributed by atoms with van der Waals surface area (Å²) >= 11 is 0. The van der Waals surface area contributed by atoms with E-state index < -0.39 is 24.3 Å². The normalized spacial score (nSPS) is 29.2. The lowest BCUT2D eigenvalue weighted by Crippen LogP contribution is -2.52. The first kappa shape index (κ1) is 14.7. The van der Waals surface area contributed by atoms with E-state index >= 15 is 0 Å². The van der Waals surface area contributed by atoms with Crippen LogP contribution >= 0.6 is 0 Å². The van der Waals surface area contributed by atoms with Gasteiger partial charge in [0.1, 0.15) is 12.2 Å². The number of alkyl carbamates (subject to hydrolysis) is 1. The number of aliphatic hydroxyl groups is 2. The van der Waals surface area contributed by atoms with Gasteiger partial charge in [-0.05, 0) is 17.7 Å². The van der Waals surface area contributed by atoms with Crippen LogP contribution in [-0.4, -0.2) is 48.5 Å².